The SMILES string of the molecule is Fc1cccc(CC(Br)c2ccoc2Cl)c1F. The van der Waals surface area contributed by atoms with Crippen molar-refractivity contribution < 1.29 is 13.2 Å². The van der Waals surface area contributed by atoms with Crippen LogP contribution in [0.3, 0.4) is 0 Å². The van der Waals surface area contributed by atoms with Crippen molar-refractivity contribution in [1.29, 1.82) is 0 Å². The Bertz CT molecular complexity index is 527. The van der Waals surface area contributed by atoms with E-state index in [1.807, 2.05) is 0 Å². The molecule has 1 heterocycles. The molecule has 0 bridgehead atoms. The molecule has 0 radical (unpaired) electrons. The van der Waals surface area contributed by atoms with Crippen molar-refractivity contribution in [3.05, 3.63) is 58.5 Å². The minimum atomic E-state index is -0.847. The summed E-state index contributed by atoms with van der Waals surface area (Å²) >= 11 is 9.19. The van der Waals surface area contributed by atoms with Gasteiger partial charge in [-0.15, -0.1) is 0 Å². The molecule has 1 aromatic carbocycles. The van der Waals surface area contributed by atoms with Gasteiger partial charge in [0, 0.05) is 10.4 Å². The Hall–Kier alpha value is -0.870. The summed E-state index contributed by atoms with van der Waals surface area (Å²) in [5, 5.41) is 0.253. The van der Waals surface area contributed by atoms with Crippen LogP contribution in [-0.4, -0.2) is 0 Å². The van der Waals surface area contributed by atoms with Gasteiger partial charge in [0.1, 0.15) is 0 Å². The highest BCUT2D eigenvalue weighted by atomic mass is 79.9. The van der Waals surface area contributed by atoms with Gasteiger partial charge in [0.2, 0.25) is 0 Å². The molecule has 0 N–H and O–H groups in total. The molecule has 1 unspecified atom stereocenters. The van der Waals surface area contributed by atoms with Gasteiger partial charge in [0.15, 0.2) is 16.9 Å². The molecule has 5 heteroatoms. The molecule has 0 aliphatic rings. The Labute approximate surface area is 111 Å². The van der Waals surface area contributed by atoms with Gasteiger partial charge >= 0.3 is 0 Å². The van der Waals surface area contributed by atoms with Crippen LogP contribution in [0.5, 0.6) is 0 Å². The van der Waals surface area contributed by atoms with E-state index in [1.165, 1.54) is 12.3 Å². The van der Waals surface area contributed by atoms with E-state index in [9.17, 15) is 8.78 Å². The van der Waals surface area contributed by atoms with Crippen molar-refractivity contribution in [1.82, 2.24) is 0 Å². The van der Waals surface area contributed by atoms with Crippen LogP contribution in [0.1, 0.15) is 16.0 Å². The fourth-order valence-electron chi connectivity index (χ4n) is 1.54. The lowest BCUT2D eigenvalue weighted by Crippen LogP contribution is -1.99. The lowest BCUT2D eigenvalue weighted by molar-refractivity contribution is 0.498. The Kier molecular flexibility index (Phi) is 3.84. The van der Waals surface area contributed by atoms with E-state index in [1.54, 1.807) is 12.1 Å². The third kappa shape index (κ3) is 2.69. The smallest absolute Gasteiger partial charge is 0.197 e. The Morgan fingerprint density at radius 1 is 1.29 bits per heavy atom. The highest BCUT2D eigenvalue weighted by Crippen LogP contribution is 2.33. The molecule has 0 saturated carbocycles. The first-order chi connectivity index (χ1) is 8.09. The van der Waals surface area contributed by atoms with Crippen LogP contribution in [-0.2, 0) is 6.42 Å². The number of furan rings is 1. The zero-order valence-electron chi connectivity index (χ0n) is 8.59. The van der Waals surface area contributed by atoms with Gasteiger partial charge in [-0.2, -0.15) is 0 Å². The maximum atomic E-state index is 13.5. The predicted octanol–water partition coefficient (Wildman–Crippen LogP) is 4.89. The molecule has 1 aromatic heterocycles. The number of rotatable bonds is 3. The average molecular weight is 322 g/mol. The summed E-state index contributed by atoms with van der Waals surface area (Å²) in [5.41, 5.74) is 1.01. The largest absolute Gasteiger partial charge is 0.453 e. The zero-order chi connectivity index (χ0) is 12.4. The van der Waals surface area contributed by atoms with Gasteiger partial charge in [0.25, 0.3) is 0 Å². The van der Waals surface area contributed by atoms with E-state index in [-0.39, 0.29) is 10.0 Å². The van der Waals surface area contributed by atoms with Crippen LogP contribution in [0.4, 0.5) is 8.78 Å². The Morgan fingerprint density at radius 3 is 2.71 bits per heavy atom. The van der Waals surface area contributed by atoms with Gasteiger partial charge in [-0.05, 0) is 35.7 Å². The molecule has 0 saturated heterocycles. The highest BCUT2D eigenvalue weighted by molar-refractivity contribution is 9.09. The molecule has 17 heavy (non-hydrogen) atoms. The van der Waals surface area contributed by atoms with Crippen molar-refractivity contribution >= 4 is 27.5 Å². The van der Waals surface area contributed by atoms with Crippen molar-refractivity contribution in [2.45, 2.75) is 11.2 Å². The molecule has 1 atom stereocenters. The standard InChI is InChI=1S/C12H8BrClF2O/c13-9(8-4-5-17-12(8)14)6-7-2-1-3-10(15)11(7)16/h1-5,9H,6H2. The molecule has 2 rings (SSSR count). The normalized spacial score (nSPS) is 12.7. The summed E-state index contributed by atoms with van der Waals surface area (Å²) in [5.74, 6) is -1.67. The summed E-state index contributed by atoms with van der Waals surface area (Å²) in [4.78, 5) is -0.218. The third-order valence-corrected chi connectivity index (χ3v) is 3.54. The second-order valence-electron chi connectivity index (χ2n) is 3.53. The van der Waals surface area contributed by atoms with E-state index < -0.39 is 11.6 Å². The van der Waals surface area contributed by atoms with Crippen LogP contribution in [0, 0.1) is 11.6 Å². The summed E-state index contributed by atoms with van der Waals surface area (Å²) in [6.45, 7) is 0. The summed E-state index contributed by atoms with van der Waals surface area (Å²) < 4.78 is 31.4. The summed E-state index contributed by atoms with van der Waals surface area (Å²) in [6.07, 6.45) is 1.75. The van der Waals surface area contributed by atoms with Crippen LogP contribution in [0.15, 0.2) is 34.9 Å². The molecule has 0 aliphatic heterocycles. The van der Waals surface area contributed by atoms with E-state index in [2.05, 4.69) is 15.9 Å². The van der Waals surface area contributed by atoms with Crippen LogP contribution < -0.4 is 0 Å². The average Bonchev–Trinajstić information content (AvgIpc) is 2.71. The van der Waals surface area contributed by atoms with Gasteiger partial charge in [-0.3, -0.25) is 0 Å². The number of alkyl halides is 1. The van der Waals surface area contributed by atoms with Crippen molar-refractivity contribution in [3.8, 4) is 0 Å². The molecule has 1 nitrogen and oxygen atoms in total. The number of halogens is 4. The molecule has 90 valence electrons. The Balaban J connectivity index is 2.22. The van der Waals surface area contributed by atoms with Crippen molar-refractivity contribution in [3.63, 3.8) is 0 Å². The zero-order valence-corrected chi connectivity index (χ0v) is 10.9. The van der Waals surface area contributed by atoms with Gasteiger partial charge in [-0.25, -0.2) is 8.78 Å². The molecular weight excluding hydrogens is 313 g/mol. The van der Waals surface area contributed by atoms with Crippen LogP contribution in [0.25, 0.3) is 0 Å². The van der Waals surface area contributed by atoms with Crippen LogP contribution >= 0.6 is 27.5 Å². The molecule has 0 spiro atoms. The third-order valence-electron chi connectivity index (χ3n) is 2.41. The first kappa shape index (κ1) is 12.6. The first-order valence-corrected chi connectivity index (χ1v) is 6.19. The van der Waals surface area contributed by atoms with E-state index in [0.29, 0.717) is 12.0 Å². The maximum absolute atomic E-state index is 13.5. The molecule has 0 fully saturated rings. The molecule has 2 aromatic rings. The topological polar surface area (TPSA) is 13.1 Å². The number of benzene rings is 1. The van der Waals surface area contributed by atoms with E-state index >= 15 is 0 Å². The molecule has 0 aliphatic carbocycles. The highest BCUT2D eigenvalue weighted by Gasteiger charge is 2.17. The quantitative estimate of drug-likeness (QED) is 0.734. The minimum absolute atomic E-state index is 0.218. The van der Waals surface area contributed by atoms with Gasteiger partial charge < -0.3 is 4.42 Å². The van der Waals surface area contributed by atoms with Crippen LogP contribution in [0.2, 0.25) is 5.22 Å². The second-order valence-corrected chi connectivity index (χ2v) is 4.98. The van der Waals surface area contributed by atoms with Gasteiger partial charge in [-0.1, -0.05) is 28.1 Å². The van der Waals surface area contributed by atoms with E-state index in [4.69, 9.17) is 16.0 Å². The van der Waals surface area contributed by atoms with Gasteiger partial charge in [0.05, 0.1) is 6.26 Å². The second kappa shape index (κ2) is 5.19. The fourth-order valence-corrected chi connectivity index (χ4v) is 2.62. The number of hydrogen-bond acceptors (Lipinski definition) is 1. The lowest BCUT2D eigenvalue weighted by Gasteiger charge is -2.09. The van der Waals surface area contributed by atoms with Crippen molar-refractivity contribution in [2.75, 3.05) is 0 Å². The maximum Gasteiger partial charge on any atom is 0.197 e. The summed E-state index contributed by atoms with van der Waals surface area (Å²) in [7, 11) is 0. The minimum Gasteiger partial charge on any atom is -0.453 e. The van der Waals surface area contributed by atoms with Crippen molar-refractivity contribution in [2.24, 2.45) is 0 Å². The lowest BCUT2D eigenvalue weighted by atomic mass is 10.1. The summed E-state index contributed by atoms with van der Waals surface area (Å²) in [6, 6.07) is 5.80. The monoisotopic (exact) mass is 320 g/mol. The molecular formula is C12H8BrClF2O. The first-order valence-electron chi connectivity index (χ1n) is 4.89. The number of hydrogen-bond donors (Lipinski definition) is 0. The molecule has 0 amide bonds. The fraction of sp³-hybridized carbons (Fsp3) is 0.167. The Morgan fingerprint density at radius 2 is 2.06 bits per heavy atom. The predicted molar refractivity (Wildman–Crippen MR) is 65.4 cm³/mol. The van der Waals surface area contributed by atoms with E-state index in [0.717, 1.165) is 11.6 Å².